The van der Waals surface area contributed by atoms with Crippen LogP contribution < -0.4 is 0 Å². The minimum absolute atomic E-state index is 0.0255. The minimum atomic E-state index is -0.475. The van der Waals surface area contributed by atoms with Crippen LogP contribution in [0.5, 0.6) is 0 Å². The van der Waals surface area contributed by atoms with E-state index in [1.807, 2.05) is 36.4 Å². The molecule has 0 radical (unpaired) electrons. The smallest absolute Gasteiger partial charge is 0.182 e. The number of nitrogens with zero attached hydrogens (tertiary/aromatic N) is 4. The normalized spacial score (nSPS) is 11.6. The summed E-state index contributed by atoms with van der Waals surface area (Å²) in [6.07, 6.45) is 0. The first kappa shape index (κ1) is 13.7. The Labute approximate surface area is 125 Å². The molecule has 0 unspecified atom stereocenters. The highest BCUT2D eigenvalue weighted by Crippen LogP contribution is 2.26. The zero-order valence-corrected chi connectivity index (χ0v) is 12.3. The van der Waals surface area contributed by atoms with E-state index in [0.29, 0.717) is 11.5 Å². The van der Waals surface area contributed by atoms with E-state index in [0.717, 1.165) is 17.0 Å². The third-order valence-electron chi connectivity index (χ3n) is 3.15. The number of pyridine rings is 1. The van der Waals surface area contributed by atoms with Crippen LogP contribution in [-0.2, 0) is 0 Å². The number of aryl methyl sites for hydroxylation is 2. The van der Waals surface area contributed by atoms with Gasteiger partial charge in [-0.1, -0.05) is 17.7 Å². The molecule has 0 amide bonds. The van der Waals surface area contributed by atoms with Gasteiger partial charge in [0, 0.05) is 5.69 Å². The lowest BCUT2D eigenvalue weighted by molar-refractivity contribution is 0.628. The molecule has 0 N–H and O–H groups in total. The molecule has 0 aliphatic carbocycles. The number of benzene rings is 1. The molecule has 2 aromatic heterocycles. The van der Waals surface area contributed by atoms with Gasteiger partial charge in [0.1, 0.15) is 11.5 Å². The second-order valence-electron chi connectivity index (χ2n) is 4.68. The van der Waals surface area contributed by atoms with Crippen molar-refractivity contribution in [2.24, 2.45) is 10.2 Å². The van der Waals surface area contributed by atoms with Crippen LogP contribution in [0.4, 0.5) is 15.9 Å². The van der Waals surface area contributed by atoms with Crippen molar-refractivity contribution >= 4 is 28.8 Å². The topological polar surface area (TPSA) is 42.0 Å². The molecular weight excluding hydrogens is 291 g/mol. The number of azo groups is 1. The number of aromatic nitrogens is 2. The van der Waals surface area contributed by atoms with Crippen molar-refractivity contribution in [1.29, 1.82) is 0 Å². The van der Waals surface area contributed by atoms with E-state index in [1.54, 1.807) is 0 Å². The van der Waals surface area contributed by atoms with Crippen molar-refractivity contribution in [3.63, 3.8) is 0 Å². The first-order valence-corrected chi connectivity index (χ1v) is 6.75. The first-order valence-electron chi connectivity index (χ1n) is 6.38. The molecule has 3 aromatic rings. The summed E-state index contributed by atoms with van der Waals surface area (Å²) in [4.78, 5) is 4.44. The molecule has 21 heavy (non-hydrogen) atoms. The second kappa shape index (κ2) is 5.26. The van der Waals surface area contributed by atoms with E-state index in [-0.39, 0.29) is 5.02 Å². The molecule has 4 nitrogen and oxygen atoms in total. The van der Waals surface area contributed by atoms with Crippen LogP contribution in [0.15, 0.2) is 46.6 Å². The quantitative estimate of drug-likeness (QED) is 0.603. The Morgan fingerprint density at radius 3 is 2.71 bits per heavy atom. The largest absolute Gasteiger partial charge is 0.280 e. The van der Waals surface area contributed by atoms with Gasteiger partial charge in [0.05, 0.1) is 16.4 Å². The molecule has 2 heterocycles. The Kier molecular flexibility index (Phi) is 3.43. The fourth-order valence-electron chi connectivity index (χ4n) is 2.12. The van der Waals surface area contributed by atoms with Gasteiger partial charge in [-0.05, 0) is 44.2 Å². The monoisotopic (exact) mass is 302 g/mol. The molecule has 0 fully saturated rings. The van der Waals surface area contributed by atoms with Gasteiger partial charge in [-0.2, -0.15) is 0 Å². The highest BCUT2D eigenvalue weighted by atomic mass is 35.5. The van der Waals surface area contributed by atoms with Gasteiger partial charge >= 0.3 is 0 Å². The van der Waals surface area contributed by atoms with Gasteiger partial charge in [0.15, 0.2) is 5.82 Å². The average molecular weight is 303 g/mol. The molecule has 6 heteroatoms. The Hall–Kier alpha value is -2.27. The summed E-state index contributed by atoms with van der Waals surface area (Å²) in [6, 6.07) is 10.1. The van der Waals surface area contributed by atoms with Gasteiger partial charge < -0.3 is 0 Å². The van der Waals surface area contributed by atoms with E-state index in [4.69, 9.17) is 11.6 Å². The fraction of sp³-hybridized carbons (Fsp3) is 0.133. The van der Waals surface area contributed by atoms with Crippen LogP contribution in [0.1, 0.15) is 11.4 Å². The van der Waals surface area contributed by atoms with Gasteiger partial charge in [0.25, 0.3) is 0 Å². The fourth-order valence-corrected chi connectivity index (χ4v) is 2.29. The molecule has 0 saturated heterocycles. The van der Waals surface area contributed by atoms with E-state index < -0.39 is 5.82 Å². The van der Waals surface area contributed by atoms with Crippen molar-refractivity contribution in [3.8, 4) is 0 Å². The lowest BCUT2D eigenvalue weighted by atomic mass is 10.3. The van der Waals surface area contributed by atoms with Gasteiger partial charge in [-0.3, -0.25) is 4.40 Å². The van der Waals surface area contributed by atoms with E-state index in [1.165, 1.54) is 18.2 Å². The third kappa shape index (κ3) is 2.52. The predicted molar refractivity (Wildman–Crippen MR) is 80.3 cm³/mol. The summed E-state index contributed by atoms with van der Waals surface area (Å²) in [7, 11) is 0. The molecule has 0 saturated carbocycles. The zero-order valence-electron chi connectivity index (χ0n) is 11.5. The van der Waals surface area contributed by atoms with Gasteiger partial charge in [0.2, 0.25) is 0 Å². The lowest BCUT2D eigenvalue weighted by Crippen LogP contribution is -1.88. The van der Waals surface area contributed by atoms with Gasteiger partial charge in [-0.25, -0.2) is 9.37 Å². The SMILES string of the molecule is Cc1nc2cccc(C)n2c1N=Nc1ccc(F)c(Cl)c1. The second-order valence-corrected chi connectivity index (χ2v) is 5.09. The Balaban J connectivity index is 2.07. The Morgan fingerprint density at radius 2 is 1.95 bits per heavy atom. The number of hydrogen-bond donors (Lipinski definition) is 0. The van der Waals surface area contributed by atoms with Crippen LogP contribution in [0, 0.1) is 19.7 Å². The summed E-state index contributed by atoms with van der Waals surface area (Å²) in [6.45, 7) is 3.85. The van der Waals surface area contributed by atoms with Crippen LogP contribution in [0.2, 0.25) is 5.02 Å². The number of rotatable bonds is 2. The maximum Gasteiger partial charge on any atom is 0.182 e. The summed E-state index contributed by atoms with van der Waals surface area (Å²) >= 11 is 5.73. The first-order chi connectivity index (χ1) is 10.1. The standard InChI is InChI=1S/C15H12ClFN4/c1-9-4-3-5-14-18-10(2)15(21(9)14)20-19-11-6-7-13(17)12(16)8-11/h3-8H,1-2H3. The molecule has 0 spiro atoms. The minimum Gasteiger partial charge on any atom is -0.280 e. The van der Waals surface area contributed by atoms with Crippen molar-refractivity contribution in [2.75, 3.05) is 0 Å². The summed E-state index contributed by atoms with van der Waals surface area (Å²) in [5.41, 5.74) is 3.10. The van der Waals surface area contributed by atoms with Crippen molar-refractivity contribution in [3.05, 3.63) is 58.6 Å². The van der Waals surface area contributed by atoms with Crippen LogP contribution in [-0.4, -0.2) is 9.38 Å². The average Bonchev–Trinajstić information content (AvgIpc) is 2.77. The van der Waals surface area contributed by atoms with Crippen LogP contribution in [0.25, 0.3) is 5.65 Å². The highest BCUT2D eigenvalue weighted by Gasteiger charge is 2.09. The zero-order chi connectivity index (χ0) is 15.0. The van der Waals surface area contributed by atoms with E-state index >= 15 is 0 Å². The molecular formula is C15H12ClFN4. The lowest BCUT2D eigenvalue weighted by Gasteiger charge is -2.01. The van der Waals surface area contributed by atoms with Crippen LogP contribution in [0.3, 0.4) is 0 Å². The highest BCUT2D eigenvalue weighted by molar-refractivity contribution is 6.30. The van der Waals surface area contributed by atoms with Crippen molar-refractivity contribution in [2.45, 2.75) is 13.8 Å². The summed E-state index contributed by atoms with van der Waals surface area (Å²) in [5.74, 6) is 0.181. The molecule has 1 aromatic carbocycles. The molecule has 0 aliphatic heterocycles. The number of fused-ring (bicyclic) bond motifs is 1. The Morgan fingerprint density at radius 1 is 1.14 bits per heavy atom. The molecule has 106 valence electrons. The Bertz CT molecular complexity index is 854. The van der Waals surface area contributed by atoms with Crippen molar-refractivity contribution in [1.82, 2.24) is 9.38 Å². The molecule has 0 aliphatic rings. The van der Waals surface area contributed by atoms with E-state index in [9.17, 15) is 4.39 Å². The molecule has 3 rings (SSSR count). The van der Waals surface area contributed by atoms with Crippen LogP contribution >= 0.6 is 11.6 Å². The predicted octanol–water partition coefficient (Wildman–Crippen LogP) is 5.16. The number of hydrogen-bond acceptors (Lipinski definition) is 3. The number of imidazole rings is 1. The van der Waals surface area contributed by atoms with E-state index in [2.05, 4.69) is 15.2 Å². The maximum absolute atomic E-state index is 13.1. The summed E-state index contributed by atoms with van der Waals surface area (Å²) < 4.78 is 15.0. The summed E-state index contributed by atoms with van der Waals surface area (Å²) in [5, 5.41) is 8.38. The third-order valence-corrected chi connectivity index (χ3v) is 3.44. The van der Waals surface area contributed by atoms with Gasteiger partial charge in [-0.15, -0.1) is 10.2 Å². The van der Waals surface area contributed by atoms with Crippen molar-refractivity contribution < 1.29 is 4.39 Å². The number of halogens is 2. The molecule has 0 atom stereocenters. The maximum atomic E-state index is 13.1. The molecule has 0 bridgehead atoms.